The van der Waals surface area contributed by atoms with Crippen LogP contribution in [0.25, 0.3) is 0 Å². The molecule has 0 bridgehead atoms. The second-order valence-corrected chi connectivity index (χ2v) is 4.80. The molecule has 1 aliphatic rings. The molecular weight excluding hydrogens is 258 g/mol. The summed E-state index contributed by atoms with van der Waals surface area (Å²) < 4.78 is 0. The molecule has 7 nitrogen and oxygen atoms in total. The lowest BCUT2D eigenvalue weighted by atomic mass is 10.2. The average Bonchev–Trinajstić information content (AvgIpc) is 2.74. The van der Waals surface area contributed by atoms with Gasteiger partial charge in [-0.3, -0.25) is 19.8 Å². The molecule has 1 aromatic heterocycles. The van der Waals surface area contributed by atoms with Gasteiger partial charge in [0, 0.05) is 11.9 Å². The number of rotatable bonds is 3. The zero-order chi connectivity index (χ0) is 13.3. The molecule has 18 heavy (non-hydrogen) atoms. The van der Waals surface area contributed by atoms with Gasteiger partial charge in [-0.25, -0.2) is 9.78 Å². The summed E-state index contributed by atoms with van der Waals surface area (Å²) in [7, 11) is 0. The molecule has 8 heteroatoms. The highest BCUT2D eigenvalue weighted by Gasteiger charge is 2.30. The number of thiazole rings is 1. The Kier molecular flexibility index (Phi) is 3.39. The molecule has 1 fully saturated rings. The summed E-state index contributed by atoms with van der Waals surface area (Å²) in [4.78, 5) is 38.9. The van der Waals surface area contributed by atoms with Gasteiger partial charge in [-0.2, -0.15) is 0 Å². The molecule has 0 saturated carbocycles. The molecular formula is C10H11N3O4S. The summed E-state index contributed by atoms with van der Waals surface area (Å²) >= 11 is 1.03. The summed E-state index contributed by atoms with van der Waals surface area (Å²) in [5.74, 6) is -1.78. The van der Waals surface area contributed by atoms with Crippen LogP contribution in [-0.2, 0) is 16.1 Å². The van der Waals surface area contributed by atoms with Gasteiger partial charge >= 0.3 is 5.97 Å². The van der Waals surface area contributed by atoms with Crippen molar-refractivity contribution in [3.63, 3.8) is 0 Å². The highest BCUT2D eigenvalue weighted by Crippen LogP contribution is 2.14. The molecule has 2 amide bonds. The molecule has 0 aliphatic carbocycles. The first-order chi connectivity index (χ1) is 8.47. The summed E-state index contributed by atoms with van der Waals surface area (Å²) in [6.45, 7) is 2.07. The van der Waals surface area contributed by atoms with Crippen LogP contribution in [0.5, 0.6) is 0 Å². The zero-order valence-electron chi connectivity index (χ0n) is 9.54. The lowest BCUT2D eigenvalue weighted by Crippen LogP contribution is -2.56. The first-order valence-corrected chi connectivity index (χ1v) is 6.11. The monoisotopic (exact) mass is 269 g/mol. The van der Waals surface area contributed by atoms with Crippen molar-refractivity contribution in [3.8, 4) is 0 Å². The van der Waals surface area contributed by atoms with Gasteiger partial charge in [-0.1, -0.05) is 0 Å². The predicted molar refractivity (Wildman–Crippen MR) is 62.1 cm³/mol. The number of aromatic carboxylic acids is 1. The summed E-state index contributed by atoms with van der Waals surface area (Å²) in [5, 5.41) is 12.6. The van der Waals surface area contributed by atoms with Crippen molar-refractivity contribution in [2.45, 2.75) is 19.5 Å². The molecule has 2 heterocycles. The topological polar surface area (TPSA) is 99.6 Å². The molecule has 0 radical (unpaired) electrons. The van der Waals surface area contributed by atoms with E-state index in [1.54, 1.807) is 17.2 Å². The minimum atomic E-state index is -1.08. The van der Waals surface area contributed by atoms with Crippen LogP contribution < -0.4 is 5.32 Å². The van der Waals surface area contributed by atoms with Gasteiger partial charge in [0.05, 0.1) is 18.3 Å². The number of nitrogens with one attached hydrogen (secondary N) is 1. The number of hydrogen-bond acceptors (Lipinski definition) is 6. The molecule has 1 saturated heterocycles. The van der Waals surface area contributed by atoms with E-state index in [2.05, 4.69) is 10.3 Å². The van der Waals surface area contributed by atoms with Gasteiger partial charge < -0.3 is 5.11 Å². The summed E-state index contributed by atoms with van der Waals surface area (Å²) in [6, 6.07) is -0.433. The highest BCUT2D eigenvalue weighted by molar-refractivity contribution is 7.11. The van der Waals surface area contributed by atoms with Crippen LogP contribution in [0.1, 0.15) is 22.4 Å². The normalized spacial score (nSPS) is 20.8. The summed E-state index contributed by atoms with van der Waals surface area (Å²) in [6.07, 6.45) is 0. The third kappa shape index (κ3) is 2.54. The van der Waals surface area contributed by atoms with Crippen molar-refractivity contribution in [1.82, 2.24) is 15.2 Å². The largest absolute Gasteiger partial charge is 0.476 e. The number of aromatic nitrogens is 1. The fourth-order valence-corrected chi connectivity index (χ4v) is 2.29. The molecule has 96 valence electrons. The molecule has 0 aromatic carbocycles. The molecule has 2 rings (SSSR count). The van der Waals surface area contributed by atoms with E-state index >= 15 is 0 Å². The third-order valence-corrected chi connectivity index (χ3v) is 3.52. The van der Waals surface area contributed by atoms with Gasteiger partial charge in [-0.05, 0) is 6.92 Å². The first kappa shape index (κ1) is 12.7. The van der Waals surface area contributed by atoms with Gasteiger partial charge in [0.15, 0.2) is 0 Å². The van der Waals surface area contributed by atoms with E-state index in [1.807, 2.05) is 0 Å². The van der Waals surface area contributed by atoms with E-state index in [9.17, 15) is 14.4 Å². The Hall–Kier alpha value is -1.80. The van der Waals surface area contributed by atoms with Crippen LogP contribution in [0.4, 0.5) is 0 Å². The number of piperazine rings is 1. The molecule has 1 unspecified atom stereocenters. The van der Waals surface area contributed by atoms with E-state index in [1.165, 1.54) is 0 Å². The van der Waals surface area contributed by atoms with Crippen molar-refractivity contribution in [2.24, 2.45) is 0 Å². The second-order valence-electron chi connectivity index (χ2n) is 3.94. The Bertz CT molecular complexity index is 513. The third-order valence-electron chi connectivity index (χ3n) is 2.64. The highest BCUT2D eigenvalue weighted by atomic mass is 32.1. The van der Waals surface area contributed by atoms with Crippen molar-refractivity contribution < 1.29 is 19.5 Å². The van der Waals surface area contributed by atoms with E-state index in [0.29, 0.717) is 5.69 Å². The van der Waals surface area contributed by atoms with Gasteiger partial charge in [0.1, 0.15) is 0 Å². The number of amides is 2. The zero-order valence-corrected chi connectivity index (χ0v) is 10.4. The minimum Gasteiger partial charge on any atom is -0.476 e. The number of carbonyl (C=O) groups is 3. The van der Waals surface area contributed by atoms with Crippen LogP contribution >= 0.6 is 11.3 Å². The maximum atomic E-state index is 11.4. The fraction of sp³-hybridized carbons (Fsp3) is 0.400. The number of imide groups is 1. The van der Waals surface area contributed by atoms with Crippen molar-refractivity contribution in [3.05, 3.63) is 16.1 Å². The molecule has 1 atom stereocenters. The van der Waals surface area contributed by atoms with Crippen LogP contribution in [-0.4, -0.2) is 45.4 Å². The Morgan fingerprint density at radius 3 is 3.00 bits per heavy atom. The molecule has 1 aromatic rings. The molecule has 0 spiro atoms. The lowest BCUT2D eigenvalue weighted by Gasteiger charge is -2.30. The molecule has 2 N–H and O–H groups in total. The average molecular weight is 269 g/mol. The number of carboxylic acids is 1. The predicted octanol–water partition coefficient (Wildman–Crippen LogP) is -0.312. The van der Waals surface area contributed by atoms with Crippen LogP contribution in [0.2, 0.25) is 0 Å². The van der Waals surface area contributed by atoms with E-state index in [4.69, 9.17) is 5.11 Å². The van der Waals surface area contributed by atoms with E-state index in [0.717, 1.165) is 11.3 Å². The van der Waals surface area contributed by atoms with Gasteiger partial charge in [0.25, 0.3) is 0 Å². The Labute approximate surface area is 106 Å². The van der Waals surface area contributed by atoms with Crippen LogP contribution in [0.3, 0.4) is 0 Å². The SMILES string of the molecule is CC1C(=O)NC(=O)CN1Cc1csc(C(=O)O)n1. The van der Waals surface area contributed by atoms with Crippen LogP contribution in [0, 0.1) is 0 Å². The van der Waals surface area contributed by atoms with Crippen LogP contribution in [0.15, 0.2) is 5.38 Å². The Morgan fingerprint density at radius 1 is 1.67 bits per heavy atom. The number of nitrogens with zero attached hydrogens (tertiary/aromatic N) is 2. The van der Waals surface area contributed by atoms with Crippen molar-refractivity contribution in [1.29, 1.82) is 0 Å². The number of carbonyl (C=O) groups excluding carboxylic acids is 2. The quantitative estimate of drug-likeness (QED) is 0.730. The summed E-state index contributed by atoms with van der Waals surface area (Å²) in [5.41, 5.74) is 0.548. The number of hydrogen-bond donors (Lipinski definition) is 2. The Morgan fingerprint density at radius 2 is 2.39 bits per heavy atom. The maximum absolute atomic E-state index is 11.4. The van der Waals surface area contributed by atoms with Gasteiger partial charge in [-0.15, -0.1) is 11.3 Å². The maximum Gasteiger partial charge on any atom is 0.365 e. The minimum absolute atomic E-state index is 0.00504. The first-order valence-electron chi connectivity index (χ1n) is 5.23. The smallest absolute Gasteiger partial charge is 0.365 e. The standard InChI is InChI=1S/C10H11N3O4S/c1-5-8(15)12-7(14)3-13(5)2-6-4-18-9(11-6)10(16)17/h4-5H,2-3H2,1H3,(H,16,17)(H,12,14,15). The van der Waals surface area contributed by atoms with E-state index in [-0.39, 0.29) is 29.9 Å². The Balaban J connectivity index is 2.09. The second kappa shape index (κ2) is 4.83. The lowest BCUT2D eigenvalue weighted by molar-refractivity contribution is -0.139. The molecule has 1 aliphatic heterocycles. The van der Waals surface area contributed by atoms with E-state index < -0.39 is 12.0 Å². The van der Waals surface area contributed by atoms with Gasteiger partial charge in [0.2, 0.25) is 16.8 Å². The number of carboxylic acid groups (broad SMARTS) is 1. The van der Waals surface area contributed by atoms with Crippen molar-refractivity contribution >= 4 is 29.1 Å². The fourth-order valence-electron chi connectivity index (χ4n) is 1.65. The van der Waals surface area contributed by atoms with Crippen molar-refractivity contribution in [2.75, 3.05) is 6.54 Å².